The Hall–Kier alpha value is -0.220. The van der Waals surface area contributed by atoms with Gasteiger partial charge >= 0.3 is 0 Å². The number of amides is 1. The summed E-state index contributed by atoms with van der Waals surface area (Å²) in [4.78, 5) is 14.4. The minimum absolute atomic E-state index is 0.182. The molecule has 1 amide bonds. The SMILES string of the molecule is CSCC(C)C(=O)N1CC[C@@H]2CNC[C@@H]2CC1. The molecule has 4 heteroatoms. The normalized spacial score (nSPS) is 30.8. The van der Waals surface area contributed by atoms with E-state index in [0.29, 0.717) is 5.91 Å². The van der Waals surface area contributed by atoms with Crippen molar-refractivity contribution in [2.75, 3.05) is 38.2 Å². The number of hydrogen-bond acceptors (Lipinski definition) is 3. The van der Waals surface area contributed by atoms with E-state index < -0.39 is 0 Å². The third-order valence-electron chi connectivity index (χ3n) is 4.17. The van der Waals surface area contributed by atoms with Crippen molar-refractivity contribution in [3.63, 3.8) is 0 Å². The van der Waals surface area contributed by atoms with Crippen molar-refractivity contribution < 1.29 is 4.79 Å². The molecule has 0 saturated carbocycles. The number of nitrogens with zero attached hydrogens (tertiary/aromatic N) is 1. The van der Waals surface area contributed by atoms with Crippen LogP contribution in [-0.2, 0) is 4.79 Å². The first kappa shape index (κ1) is 13.2. The summed E-state index contributed by atoms with van der Waals surface area (Å²) >= 11 is 1.77. The smallest absolute Gasteiger partial charge is 0.226 e. The Morgan fingerprint density at radius 3 is 2.47 bits per heavy atom. The predicted octanol–water partition coefficient (Wildman–Crippen LogP) is 1.44. The highest BCUT2D eigenvalue weighted by atomic mass is 32.2. The number of carbonyl (C=O) groups is 1. The van der Waals surface area contributed by atoms with Crippen LogP contribution in [0.5, 0.6) is 0 Å². The summed E-state index contributed by atoms with van der Waals surface area (Å²) in [5.74, 6) is 3.12. The van der Waals surface area contributed by atoms with Crippen LogP contribution in [0, 0.1) is 17.8 Å². The monoisotopic (exact) mass is 256 g/mol. The first-order valence-corrected chi connectivity index (χ1v) is 8.10. The third kappa shape index (κ3) is 3.16. The molecule has 0 spiro atoms. The molecule has 17 heavy (non-hydrogen) atoms. The molecule has 3 nitrogen and oxygen atoms in total. The molecule has 0 radical (unpaired) electrons. The zero-order valence-electron chi connectivity index (χ0n) is 10.9. The fraction of sp³-hybridized carbons (Fsp3) is 0.923. The van der Waals surface area contributed by atoms with Gasteiger partial charge in [-0.25, -0.2) is 0 Å². The molecule has 1 N–H and O–H groups in total. The zero-order valence-corrected chi connectivity index (χ0v) is 11.8. The summed E-state index contributed by atoms with van der Waals surface area (Å²) in [6.45, 7) is 6.33. The van der Waals surface area contributed by atoms with Gasteiger partial charge in [-0.3, -0.25) is 4.79 Å². The van der Waals surface area contributed by atoms with Gasteiger partial charge < -0.3 is 10.2 Å². The third-order valence-corrected chi connectivity index (χ3v) is 5.00. The summed E-state index contributed by atoms with van der Waals surface area (Å²) in [6.07, 6.45) is 4.45. The lowest BCUT2D eigenvalue weighted by Gasteiger charge is -2.24. The Morgan fingerprint density at radius 1 is 1.35 bits per heavy atom. The second-order valence-electron chi connectivity index (χ2n) is 5.44. The van der Waals surface area contributed by atoms with Crippen molar-refractivity contribution in [2.45, 2.75) is 19.8 Å². The Kier molecular flexibility index (Phi) is 4.74. The Balaban J connectivity index is 1.88. The maximum Gasteiger partial charge on any atom is 0.226 e. The molecule has 2 fully saturated rings. The van der Waals surface area contributed by atoms with Gasteiger partial charge in [-0.15, -0.1) is 0 Å². The molecule has 2 rings (SSSR count). The van der Waals surface area contributed by atoms with Crippen molar-refractivity contribution in [3.8, 4) is 0 Å². The lowest BCUT2D eigenvalue weighted by Crippen LogP contribution is -2.37. The van der Waals surface area contributed by atoms with Gasteiger partial charge in [0, 0.05) is 24.8 Å². The van der Waals surface area contributed by atoms with E-state index >= 15 is 0 Å². The van der Waals surface area contributed by atoms with Crippen LogP contribution >= 0.6 is 11.8 Å². The fourth-order valence-corrected chi connectivity index (χ4v) is 3.71. The van der Waals surface area contributed by atoms with Crippen LogP contribution in [0.25, 0.3) is 0 Å². The van der Waals surface area contributed by atoms with E-state index in [1.807, 2.05) is 0 Å². The topological polar surface area (TPSA) is 32.3 Å². The summed E-state index contributed by atoms with van der Waals surface area (Å²) in [5, 5.41) is 3.47. The number of fused-ring (bicyclic) bond motifs is 1. The molecule has 2 aliphatic rings. The molecule has 0 bridgehead atoms. The van der Waals surface area contributed by atoms with E-state index in [-0.39, 0.29) is 5.92 Å². The van der Waals surface area contributed by atoms with Gasteiger partial charge in [0.1, 0.15) is 0 Å². The first-order chi connectivity index (χ1) is 8.22. The minimum Gasteiger partial charge on any atom is -0.342 e. The number of likely N-dealkylation sites (tertiary alicyclic amines) is 1. The van der Waals surface area contributed by atoms with Crippen LogP contribution in [0.2, 0.25) is 0 Å². The van der Waals surface area contributed by atoms with E-state index in [0.717, 1.165) is 43.8 Å². The van der Waals surface area contributed by atoms with E-state index in [4.69, 9.17) is 0 Å². The number of hydrogen-bond donors (Lipinski definition) is 1. The van der Waals surface area contributed by atoms with Crippen molar-refractivity contribution in [2.24, 2.45) is 17.8 Å². The van der Waals surface area contributed by atoms with E-state index in [1.165, 1.54) is 12.8 Å². The molecule has 0 aromatic rings. The van der Waals surface area contributed by atoms with Crippen molar-refractivity contribution in [1.29, 1.82) is 0 Å². The molecule has 0 aromatic carbocycles. The van der Waals surface area contributed by atoms with Crippen molar-refractivity contribution >= 4 is 17.7 Å². The Morgan fingerprint density at radius 2 is 1.94 bits per heavy atom. The van der Waals surface area contributed by atoms with Crippen LogP contribution in [-0.4, -0.2) is 49.0 Å². The number of nitrogens with one attached hydrogen (secondary N) is 1. The van der Waals surface area contributed by atoms with Gasteiger partial charge in [-0.2, -0.15) is 11.8 Å². The first-order valence-electron chi connectivity index (χ1n) is 6.70. The van der Waals surface area contributed by atoms with Gasteiger partial charge in [-0.1, -0.05) is 6.92 Å². The predicted molar refractivity (Wildman–Crippen MR) is 73.2 cm³/mol. The highest BCUT2D eigenvalue weighted by molar-refractivity contribution is 7.98. The van der Waals surface area contributed by atoms with Crippen LogP contribution in [0.1, 0.15) is 19.8 Å². The average Bonchev–Trinajstić information content (AvgIpc) is 2.68. The van der Waals surface area contributed by atoms with Crippen molar-refractivity contribution in [3.05, 3.63) is 0 Å². The lowest BCUT2D eigenvalue weighted by atomic mass is 9.92. The van der Waals surface area contributed by atoms with Crippen LogP contribution in [0.15, 0.2) is 0 Å². The average molecular weight is 256 g/mol. The zero-order chi connectivity index (χ0) is 12.3. The van der Waals surface area contributed by atoms with Gasteiger partial charge in [0.15, 0.2) is 0 Å². The summed E-state index contributed by atoms with van der Waals surface area (Å²) in [7, 11) is 0. The molecule has 1 unspecified atom stereocenters. The van der Waals surface area contributed by atoms with Crippen molar-refractivity contribution in [1.82, 2.24) is 10.2 Å². The molecule has 0 aliphatic carbocycles. The molecular formula is C13H24N2OS. The summed E-state index contributed by atoms with van der Waals surface area (Å²) in [6, 6.07) is 0. The van der Waals surface area contributed by atoms with Gasteiger partial charge in [0.2, 0.25) is 5.91 Å². The van der Waals surface area contributed by atoms with Gasteiger partial charge in [-0.05, 0) is 44.0 Å². The lowest BCUT2D eigenvalue weighted by molar-refractivity contribution is -0.134. The molecule has 2 heterocycles. The second-order valence-corrected chi connectivity index (χ2v) is 6.35. The van der Waals surface area contributed by atoms with Crippen LogP contribution in [0.3, 0.4) is 0 Å². The highest BCUT2D eigenvalue weighted by Gasteiger charge is 2.32. The molecule has 0 aromatic heterocycles. The van der Waals surface area contributed by atoms with E-state index in [2.05, 4.69) is 23.4 Å². The van der Waals surface area contributed by atoms with Crippen LogP contribution < -0.4 is 5.32 Å². The Bertz CT molecular complexity index is 258. The fourth-order valence-electron chi connectivity index (χ4n) is 3.07. The summed E-state index contributed by atoms with van der Waals surface area (Å²) < 4.78 is 0. The summed E-state index contributed by atoms with van der Waals surface area (Å²) in [5.41, 5.74) is 0. The molecule has 2 aliphatic heterocycles. The quantitative estimate of drug-likeness (QED) is 0.829. The molecule has 3 atom stereocenters. The maximum absolute atomic E-state index is 12.3. The van der Waals surface area contributed by atoms with Crippen LogP contribution in [0.4, 0.5) is 0 Å². The Labute approximate surface area is 109 Å². The number of rotatable bonds is 3. The van der Waals surface area contributed by atoms with Gasteiger partial charge in [0.25, 0.3) is 0 Å². The second kappa shape index (κ2) is 6.10. The molecular weight excluding hydrogens is 232 g/mol. The number of carbonyl (C=O) groups excluding carboxylic acids is 1. The molecule has 2 saturated heterocycles. The minimum atomic E-state index is 0.182. The van der Waals surface area contributed by atoms with E-state index in [1.54, 1.807) is 11.8 Å². The molecule has 98 valence electrons. The number of thioether (sulfide) groups is 1. The largest absolute Gasteiger partial charge is 0.342 e. The van der Waals surface area contributed by atoms with Gasteiger partial charge in [0.05, 0.1) is 0 Å². The standard InChI is InChI=1S/C13H24N2OS/c1-10(9-17-2)13(16)15-5-3-11-7-14-8-12(11)4-6-15/h10-12,14H,3-9H2,1-2H3/t10?,11-,12+. The highest BCUT2D eigenvalue weighted by Crippen LogP contribution is 2.27. The maximum atomic E-state index is 12.3. The van der Waals surface area contributed by atoms with E-state index in [9.17, 15) is 4.79 Å².